The average Bonchev–Trinajstić information content (AvgIpc) is 2.97. The maximum Gasteiger partial charge on any atom is 0.306 e. The van der Waals surface area contributed by atoms with Gasteiger partial charge in [0.05, 0.1) is 30.2 Å². The number of methoxy groups -OCH3 is 1. The number of ether oxygens (including phenoxy) is 1. The molecule has 0 fully saturated rings. The molecule has 1 aliphatic heterocycles. The smallest absolute Gasteiger partial charge is 0.306 e. The molecule has 2 atom stereocenters. The van der Waals surface area contributed by atoms with E-state index in [4.69, 9.17) is 16.3 Å². The number of fused-ring (bicyclic) bond motifs is 1. The first-order chi connectivity index (χ1) is 19.7. The van der Waals surface area contributed by atoms with Crippen molar-refractivity contribution in [3.63, 3.8) is 0 Å². The van der Waals surface area contributed by atoms with Gasteiger partial charge in [-0.05, 0) is 60.0 Å². The normalized spacial score (nSPS) is 15.6. The van der Waals surface area contributed by atoms with E-state index in [2.05, 4.69) is 20.8 Å². The molecule has 9 heteroatoms. The minimum atomic E-state index is -4.04. The molecule has 4 aromatic carbocycles. The number of benzene rings is 4. The van der Waals surface area contributed by atoms with Crippen LogP contribution in [0.25, 0.3) is 11.8 Å². The number of carbonyl (C=O) groups excluding carboxylic acids is 1. The molecular formula is C32H28BrClN2O4S. The van der Waals surface area contributed by atoms with Crippen molar-refractivity contribution in [3.8, 4) is 0 Å². The molecule has 0 saturated heterocycles. The molecule has 0 spiro atoms. The summed E-state index contributed by atoms with van der Waals surface area (Å²) in [6.45, 7) is 1.90. The number of hydrazine groups is 1. The van der Waals surface area contributed by atoms with Crippen molar-refractivity contribution in [2.75, 3.05) is 7.11 Å². The number of esters is 1. The van der Waals surface area contributed by atoms with Crippen molar-refractivity contribution in [1.29, 1.82) is 0 Å². The number of sulfonamides is 1. The van der Waals surface area contributed by atoms with E-state index in [1.807, 2.05) is 79.7 Å². The third-order valence-electron chi connectivity index (χ3n) is 7.14. The van der Waals surface area contributed by atoms with Crippen molar-refractivity contribution in [1.82, 2.24) is 9.84 Å². The zero-order valence-electron chi connectivity index (χ0n) is 22.4. The zero-order chi connectivity index (χ0) is 29.1. The highest BCUT2D eigenvalue weighted by atomic mass is 79.9. The highest BCUT2D eigenvalue weighted by molar-refractivity contribution is 9.10. The molecule has 0 bridgehead atoms. The molecule has 210 valence electrons. The number of hydrogen-bond acceptors (Lipinski definition) is 5. The van der Waals surface area contributed by atoms with E-state index in [1.165, 1.54) is 7.11 Å². The topological polar surface area (TPSA) is 75.7 Å². The summed E-state index contributed by atoms with van der Waals surface area (Å²) in [7, 11) is -2.69. The van der Waals surface area contributed by atoms with Crippen LogP contribution in [0.4, 0.5) is 0 Å². The van der Waals surface area contributed by atoms with E-state index >= 15 is 0 Å². The first-order valence-corrected chi connectivity index (χ1v) is 15.6. The van der Waals surface area contributed by atoms with Crippen molar-refractivity contribution >= 4 is 55.3 Å². The first-order valence-electron chi connectivity index (χ1n) is 12.9. The van der Waals surface area contributed by atoms with Gasteiger partial charge in [-0.15, -0.1) is 4.83 Å². The Labute approximate surface area is 253 Å². The minimum Gasteiger partial charge on any atom is -0.469 e. The second-order valence-corrected chi connectivity index (χ2v) is 12.8. The number of halogens is 2. The summed E-state index contributed by atoms with van der Waals surface area (Å²) >= 11 is 10.2. The van der Waals surface area contributed by atoms with E-state index < -0.39 is 28.0 Å². The first kappa shape index (κ1) is 29.1. The zero-order valence-corrected chi connectivity index (χ0v) is 25.6. The Morgan fingerprint density at radius 2 is 1.66 bits per heavy atom. The molecule has 5 rings (SSSR count). The summed E-state index contributed by atoms with van der Waals surface area (Å²) in [5, 5.41) is 2.17. The third kappa shape index (κ3) is 6.26. The number of nitrogens with one attached hydrogen (secondary N) is 1. The Balaban J connectivity index is 1.75. The number of carbonyl (C=O) groups is 1. The number of aryl methyl sites for hydroxylation is 1. The minimum absolute atomic E-state index is 0.000415. The molecule has 0 radical (unpaired) electrons. The van der Waals surface area contributed by atoms with E-state index in [0.29, 0.717) is 10.7 Å². The molecule has 1 N–H and O–H groups in total. The summed E-state index contributed by atoms with van der Waals surface area (Å²) in [5.41, 5.74) is 4.70. The molecule has 0 saturated carbocycles. The fourth-order valence-electron chi connectivity index (χ4n) is 5.08. The molecule has 2 unspecified atom stereocenters. The van der Waals surface area contributed by atoms with Gasteiger partial charge in [0.15, 0.2) is 0 Å². The lowest BCUT2D eigenvalue weighted by Gasteiger charge is -2.43. The quantitative estimate of drug-likeness (QED) is 0.200. The highest BCUT2D eigenvalue weighted by Gasteiger charge is 2.40. The Kier molecular flexibility index (Phi) is 8.66. The molecule has 41 heavy (non-hydrogen) atoms. The predicted molar refractivity (Wildman–Crippen MR) is 165 cm³/mol. The average molecular weight is 652 g/mol. The molecule has 0 aromatic heterocycles. The van der Waals surface area contributed by atoms with Gasteiger partial charge in [-0.3, -0.25) is 9.80 Å². The number of nitrogens with zero attached hydrogens (tertiary/aromatic N) is 1. The van der Waals surface area contributed by atoms with Crippen LogP contribution in [-0.4, -0.2) is 26.5 Å². The van der Waals surface area contributed by atoms with Crippen LogP contribution in [0, 0.1) is 6.92 Å². The van der Waals surface area contributed by atoms with Gasteiger partial charge >= 0.3 is 5.97 Å². The standard InChI is InChI=1S/C32H28BrClN2O4S/c1-21-11-17-25(18-12-21)41(38,39)35-36-30(23-7-4-3-5-8-23)19-28-26(9-6-10-29(28)34)32(36)27(20-31(37)40-2)22-13-15-24(33)16-14-22/h3-19,27,32,35H,20H2,1-2H3. The van der Waals surface area contributed by atoms with Crippen LogP contribution in [0.1, 0.15) is 46.2 Å². The molecule has 1 aliphatic rings. The second-order valence-electron chi connectivity index (χ2n) is 9.80. The van der Waals surface area contributed by atoms with Crippen molar-refractivity contribution in [3.05, 3.63) is 134 Å². The van der Waals surface area contributed by atoms with Crippen LogP contribution >= 0.6 is 27.5 Å². The van der Waals surface area contributed by atoms with Gasteiger partial charge in [-0.25, -0.2) is 8.42 Å². The van der Waals surface area contributed by atoms with E-state index in [9.17, 15) is 13.2 Å². The Hall–Kier alpha value is -3.43. The lowest BCUT2D eigenvalue weighted by atomic mass is 9.80. The maximum atomic E-state index is 13.9. The van der Waals surface area contributed by atoms with Crippen LogP contribution in [0.5, 0.6) is 0 Å². The fraction of sp³-hybridized carbons (Fsp3) is 0.156. The monoisotopic (exact) mass is 650 g/mol. The van der Waals surface area contributed by atoms with E-state index in [-0.39, 0.29) is 11.3 Å². The van der Waals surface area contributed by atoms with Crippen LogP contribution in [0.15, 0.2) is 106 Å². The molecule has 0 aliphatic carbocycles. The molecule has 1 heterocycles. The van der Waals surface area contributed by atoms with E-state index in [0.717, 1.165) is 32.3 Å². The number of hydrogen-bond donors (Lipinski definition) is 1. The SMILES string of the molecule is COC(=O)CC(c1ccc(Br)cc1)C1c2cccc(Cl)c2C=C(c2ccccc2)N1NS(=O)(=O)c1ccc(C)cc1. The summed E-state index contributed by atoms with van der Waals surface area (Å²) in [5.74, 6) is -0.931. The largest absolute Gasteiger partial charge is 0.469 e. The molecule has 0 amide bonds. The summed E-state index contributed by atoms with van der Waals surface area (Å²) < 4.78 is 33.8. The molecule has 4 aromatic rings. The predicted octanol–water partition coefficient (Wildman–Crippen LogP) is 7.51. The van der Waals surface area contributed by atoms with Crippen molar-refractivity contribution in [2.45, 2.75) is 30.2 Å². The van der Waals surface area contributed by atoms with Gasteiger partial charge in [0, 0.05) is 21.0 Å². The summed E-state index contributed by atoms with van der Waals surface area (Å²) in [6, 6.07) is 28.7. The van der Waals surface area contributed by atoms with E-state index in [1.54, 1.807) is 35.3 Å². The van der Waals surface area contributed by atoms with Crippen molar-refractivity contribution in [2.24, 2.45) is 0 Å². The summed E-state index contributed by atoms with van der Waals surface area (Å²) in [6.07, 6.45) is 1.89. The van der Waals surface area contributed by atoms with Gasteiger partial charge in [-0.1, -0.05) is 99.8 Å². The lowest BCUT2D eigenvalue weighted by Crippen LogP contribution is -2.46. The summed E-state index contributed by atoms with van der Waals surface area (Å²) in [4.78, 5) is 15.9. The second kappa shape index (κ2) is 12.2. The van der Waals surface area contributed by atoms with Crippen LogP contribution in [-0.2, 0) is 19.6 Å². The van der Waals surface area contributed by atoms with Gasteiger partial charge < -0.3 is 4.74 Å². The molecule has 6 nitrogen and oxygen atoms in total. The highest BCUT2D eigenvalue weighted by Crippen LogP contribution is 2.48. The van der Waals surface area contributed by atoms with Crippen LogP contribution in [0.2, 0.25) is 5.02 Å². The number of rotatable bonds is 8. The maximum absolute atomic E-state index is 13.9. The Morgan fingerprint density at radius 1 is 0.976 bits per heavy atom. The van der Waals surface area contributed by atoms with Crippen molar-refractivity contribution < 1.29 is 17.9 Å². The van der Waals surface area contributed by atoms with Crippen LogP contribution in [0.3, 0.4) is 0 Å². The molecular weight excluding hydrogens is 624 g/mol. The Morgan fingerprint density at radius 3 is 2.32 bits per heavy atom. The van der Waals surface area contributed by atoms with Crippen LogP contribution < -0.4 is 4.83 Å². The fourth-order valence-corrected chi connectivity index (χ4v) is 6.65. The lowest BCUT2D eigenvalue weighted by molar-refractivity contribution is -0.141. The third-order valence-corrected chi connectivity index (χ3v) is 9.33. The van der Waals surface area contributed by atoms with Gasteiger partial charge in [0.25, 0.3) is 10.0 Å². The van der Waals surface area contributed by atoms with Gasteiger partial charge in [0.1, 0.15) is 0 Å². The Bertz CT molecular complexity index is 1690. The van der Waals surface area contributed by atoms with Gasteiger partial charge in [-0.2, -0.15) is 0 Å². The van der Waals surface area contributed by atoms with Gasteiger partial charge in [0.2, 0.25) is 0 Å².